The van der Waals surface area contributed by atoms with Gasteiger partial charge in [0.2, 0.25) is 0 Å². The first-order chi connectivity index (χ1) is 7.79. The van der Waals surface area contributed by atoms with Gasteiger partial charge in [-0.3, -0.25) is 0 Å². The second-order valence-corrected chi connectivity index (χ2v) is 6.07. The summed E-state index contributed by atoms with van der Waals surface area (Å²) in [5.41, 5.74) is 5.65. The van der Waals surface area contributed by atoms with E-state index < -0.39 is 5.60 Å². The Kier molecular flexibility index (Phi) is 4.80. The highest BCUT2D eigenvalue weighted by atomic mass is 16.6. The first-order valence-electron chi connectivity index (χ1n) is 6.49. The first kappa shape index (κ1) is 14.3. The third kappa shape index (κ3) is 4.94. The fourth-order valence-corrected chi connectivity index (χ4v) is 2.23. The van der Waals surface area contributed by atoms with E-state index in [1.54, 1.807) is 11.9 Å². The predicted octanol–water partition coefficient (Wildman–Crippen LogP) is 2.37. The van der Waals surface area contributed by atoms with Gasteiger partial charge in [0.05, 0.1) is 0 Å². The monoisotopic (exact) mass is 242 g/mol. The van der Waals surface area contributed by atoms with Gasteiger partial charge < -0.3 is 15.4 Å². The Morgan fingerprint density at radius 2 is 1.94 bits per heavy atom. The second kappa shape index (κ2) is 5.71. The maximum atomic E-state index is 11.8. The van der Waals surface area contributed by atoms with Crippen LogP contribution < -0.4 is 5.73 Å². The van der Waals surface area contributed by atoms with Gasteiger partial charge in [-0.05, 0) is 39.5 Å². The normalized spacial score (nSPS) is 25.5. The van der Waals surface area contributed by atoms with Crippen LogP contribution in [-0.2, 0) is 4.74 Å². The standard InChI is InChI=1S/C13H26N2O2/c1-13(2,3)17-12(16)15(4)9-10-7-5-6-8-11(10)14/h10-11H,5-9,14H2,1-4H3. The van der Waals surface area contributed by atoms with Crippen molar-refractivity contribution in [2.24, 2.45) is 11.7 Å². The van der Waals surface area contributed by atoms with Gasteiger partial charge in [0, 0.05) is 19.6 Å². The summed E-state index contributed by atoms with van der Waals surface area (Å²) >= 11 is 0. The van der Waals surface area contributed by atoms with E-state index in [4.69, 9.17) is 10.5 Å². The molecule has 0 spiro atoms. The molecule has 2 atom stereocenters. The van der Waals surface area contributed by atoms with Crippen molar-refractivity contribution < 1.29 is 9.53 Å². The third-order valence-electron chi connectivity index (χ3n) is 3.18. The molecule has 0 heterocycles. The van der Waals surface area contributed by atoms with E-state index in [-0.39, 0.29) is 12.1 Å². The summed E-state index contributed by atoms with van der Waals surface area (Å²) in [6.45, 7) is 6.34. The fourth-order valence-electron chi connectivity index (χ4n) is 2.23. The maximum absolute atomic E-state index is 11.8. The van der Waals surface area contributed by atoms with Crippen molar-refractivity contribution in [3.63, 3.8) is 0 Å². The first-order valence-corrected chi connectivity index (χ1v) is 6.49. The molecule has 0 aromatic carbocycles. The Morgan fingerprint density at radius 1 is 1.35 bits per heavy atom. The third-order valence-corrected chi connectivity index (χ3v) is 3.18. The minimum Gasteiger partial charge on any atom is -0.444 e. The molecule has 2 N–H and O–H groups in total. The zero-order chi connectivity index (χ0) is 13.1. The summed E-state index contributed by atoms with van der Waals surface area (Å²) in [4.78, 5) is 13.5. The number of nitrogens with two attached hydrogens (primary N) is 1. The van der Waals surface area contributed by atoms with Gasteiger partial charge in [-0.2, -0.15) is 0 Å². The largest absolute Gasteiger partial charge is 0.444 e. The van der Waals surface area contributed by atoms with Gasteiger partial charge in [-0.15, -0.1) is 0 Å². The lowest BCUT2D eigenvalue weighted by molar-refractivity contribution is 0.0256. The lowest BCUT2D eigenvalue weighted by atomic mass is 9.85. The molecule has 1 rings (SSSR count). The zero-order valence-corrected chi connectivity index (χ0v) is 11.5. The molecule has 100 valence electrons. The van der Waals surface area contributed by atoms with Gasteiger partial charge in [0.15, 0.2) is 0 Å². The van der Waals surface area contributed by atoms with E-state index in [2.05, 4.69) is 0 Å². The topological polar surface area (TPSA) is 55.6 Å². The van der Waals surface area contributed by atoms with E-state index in [0.717, 1.165) is 12.8 Å². The van der Waals surface area contributed by atoms with E-state index in [1.807, 2.05) is 20.8 Å². The molecule has 1 aliphatic carbocycles. The lowest BCUT2D eigenvalue weighted by Gasteiger charge is -2.32. The molecule has 0 aromatic heterocycles. The smallest absolute Gasteiger partial charge is 0.410 e. The summed E-state index contributed by atoms with van der Waals surface area (Å²) in [6, 6.07) is 0.230. The van der Waals surface area contributed by atoms with E-state index in [0.29, 0.717) is 12.5 Å². The molecule has 0 saturated heterocycles. The van der Waals surface area contributed by atoms with E-state index >= 15 is 0 Å². The number of carbonyl (C=O) groups is 1. The molecule has 0 bridgehead atoms. The molecule has 1 amide bonds. The van der Waals surface area contributed by atoms with Gasteiger partial charge in [0.1, 0.15) is 5.60 Å². The van der Waals surface area contributed by atoms with Crippen molar-refractivity contribution in [3.8, 4) is 0 Å². The van der Waals surface area contributed by atoms with Crippen LogP contribution in [0.4, 0.5) is 4.79 Å². The van der Waals surface area contributed by atoms with Crippen molar-refractivity contribution in [3.05, 3.63) is 0 Å². The number of amides is 1. The summed E-state index contributed by atoms with van der Waals surface area (Å²) < 4.78 is 5.32. The minimum atomic E-state index is -0.431. The molecule has 4 nitrogen and oxygen atoms in total. The Balaban J connectivity index is 2.42. The van der Waals surface area contributed by atoms with Crippen molar-refractivity contribution >= 4 is 6.09 Å². The van der Waals surface area contributed by atoms with Gasteiger partial charge in [-0.1, -0.05) is 12.8 Å². The fraction of sp³-hybridized carbons (Fsp3) is 0.923. The van der Waals surface area contributed by atoms with Crippen LogP contribution >= 0.6 is 0 Å². The second-order valence-electron chi connectivity index (χ2n) is 6.07. The Morgan fingerprint density at radius 3 is 2.47 bits per heavy atom. The highest BCUT2D eigenvalue weighted by molar-refractivity contribution is 5.67. The number of rotatable bonds is 2. The summed E-state index contributed by atoms with van der Waals surface area (Å²) in [6.07, 6.45) is 4.38. The highest BCUT2D eigenvalue weighted by Gasteiger charge is 2.26. The number of hydrogen-bond acceptors (Lipinski definition) is 3. The SMILES string of the molecule is CN(CC1CCCCC1N)C(=O)OC(C)(C)C. The van der Waals surface area contributed by atoms with Crippen LogP contribution in [0.5, 0.6) is 0 Å². The molecule has 0 aromatic rings. The molecule has 4 heteroatoms. The molecule has 17 heavy (non-hydrogen) atoms. The Hall–Kier alpha value is -0.770. The molecule has 2 unspecified atom stereocenters. The average Bonchev–Trinajstić information content (AvgIpc) is 2.18. The van der Waals surface area contributed by atoms with Crippen LogP contribution in [0.2, 0.25) is 0 Å². The van der Waals surface area contributed by atoms with Gasteiger partial charge >= 0.3 is 6.09 Å². The zero-order valence-electron chi connectivity index (χ0n) is 11.5. The molecular formula is C13H26N2O2. The van der Waals surface area contributed by atoms with Crippen LogP contribution in [-0.4, -0.2) is 36.2 Å². The minimum absolute atomic E-state index is 0.230. The van der Waals surface area contributed by atoms with Gasteiger partial charge in [-0.25, -0.2) is 4.79 Å². The van der Waals surface area contributed by atoms with Crippen LogP contribution in [0.3, 0.4) is 0 Å². The molecular weight excluding hydrogens is 216 g/mol. The van der Waals surface area contributed by atoms with Crippen LogP contribution in [0.15, 0.2) is 0 Å². The van der Waals surface area contributed by atoms with E-state index in [9.17, 15) is 4.79 Å². The molecule has 0 radical (unpaired) electrons. The van der Waals surface area contributed by atoms with Gasteiger partial charge in [0.25, 0.3) is 0 Å². The molecule has 1 saturated carbocycles. The summed E-state index contributed by atoms with van der Waals surface area (Å²) in [5, 5.41) is 0. The van der Waals surface area contributed by atoms with Crippen molar-refractivity contribution in [1.29, 1.82) is 0 Å². The Labute approximate surface area is 104 Å². The maximum Gasteiger partial charge on any atom is 0.410 e. The number of carbonyl (C=O) groups excluding carboxylic acids is 1. The molecule has 1 fully saturated rings. The molecule has 1 aliphatic rings. The number of hydrogen-bond donors (Lipinski definition) is 1. The van der Waals surface area contributed by atoms with Crippen LogP contribution in [0.1, 0.15) is 46.5 Å². The summed E-state index contributed by atoms with van der Waals surface area (Å²) in [5.74, 6) is 0.418. The predicted molar refractivity (Wildman–Crippen MR) is 68.8 cm³/mol. The van der Waals surface area contributed by atoms with Crippen LogP contribution in [0.25, 0.3) is 0 Å². The quantitative estimate of drug-likeness (QED) is 0.808. The van der Waals surface area contributed by atoms with Crippen LogP contribution in [0, 0.1) is 5.92 Å². The lowest BCUT2D eigenvalue weighted by Crippen LogP contribution is -2.43. The van der Waals surface area contributed by atoms with E-state index in [1.165, 1.54) is 12.8 Å². The highest BCUT2D eigenvalue weighted by Crippen LogP contribution is 2.24. The van der Waals surface area contributed by atoms with Crippen molar-refractivity contribution in [2.75, 3.05) is 13.6 Å². The average molecular weight is 242 g/mol. The van der Waals surface area contributed by atoms with Crippen molar-refractivity contribution in [2.45, 2.75) is 58.1 Å². The number of ether oxygens (including phenoxy) is 1. The summed E-state index contributed by atoms with van der Waals surface area (Å²) in [7, 11) is 1.79. The molecule has 0 aliphatic heterocycles. The number of nitrogens with zero attached hydrogens (tertiary/aromatic N) is 1. The Bertz CT molecular complexity index is 261. The van der Waals surface area contributed by atoms with Crippen molar-refractivity contribution in [1.82, 2.24) is 4.90 Å².